The number of pyridine rings is 1. The van der Waals surface area contributed by atoms with Crippen LogP contribution in [0.4, 0.5) is 0 Å². The monoisotopic (exact) mass is 361 g/mol. The molecule has 0 bridgehead atoms. The maximum atomic E-state index is 12.3. The van der Waals surface area contributed by atoms with Gasteiger partial charge in [-0.25, -0.2) is 4.98 Å². The third kappa shape index (κ3) is 3.64. The Hall–Kier alpha value is -1.92. The summed E-state index contributed by atoms with van der Waals surface area (Å²) in [6.45, 7) is 2.57. The van der Waals surface area contributed by atoms with E-state index in [0.717, 1.165) is 17.6 Å². The summed E-state index contributed by atoms with van der Waals surface area (Å²) < 4.78 is 6.69. The number of hydrogen-bond acceptors (Lipinski definition) is 4. The molecule has 1 amide bonds. The van der Waals surface area contributed by atoms with Gasteiger partial charge in [0, 0.05) is 36.2 Å². The molecular formula is C16H16BrN3O2. The van der Waals surface area contributed by atoms with E-state index in [1.54, 1.807) is 18.3 Å². The average Bonchev–Trinajstić information content (AvgIpc) is 2.48. The van der Waals surface area contributed by atoms with Crippen LogP contribution in [-0.4, -0.2) is 30.5 Å². The normalized spacial score (nSPS) is 14.2. The number of rotatable bonds is 5. The fourth-order valence-electron chi connectivity index (χ4n) is 2.08. The summed E-state index contributed by atoms with van der Waals surface area (Å²) in [5, 5.41) is 6.11. The van der Waals surface area contributed by atoms with Crippen LogP contribution in [0.3, 0.4) is 0 Å². The van der Waals surface area contributed by atoms with E-state index in [1.165, 1.54) is 0 Å². The smallest absolute Gasteiger partial charge is 0.256 e. The zero-order chi connectivity index (χ0) is 15.4. The molecule has 0 saturated carbocycles. The Bertz CT molecular complexity index is 657. The molecule has 1 aliphatic heterocycles. The van der Waals surface area contributed by atoms with Crippen molar-refractivity contribution in [2.45, 2.75) is 0 Å². The van der Waals surface area contributed by atoms with E-state index >= 15 is 0 Å². The quantitative estimate of drug-likeness (QED) is 0.858. The lowest BCUT2D eigenvalue weighted by Crippen LogP contribution is -2.48. The number of benzene rings is 1. The van der Waals surface area contributed by atoms with Gasteiger partial charge in [-0.15, -0.1) is 0 Å². The number of aromatic nitrogens is 1. The van der Waals surface area contributed by atoms with Crippen LogP contribution >= 0.6 is 15.9 Å². The highest BCUT2D eigenvalue weighted by Crippen LogP contribution is 2.24. The van der Waals surface area contributed by atoms with Crippen molar-refractivity contribution in [2.75, 3.05) is 19.6 Å². The average molecular weight is 362 g/mol. The first-order valence-electron chi connectivity index (χ1n) is 7.10. The second-order valence-corrected chi connectivity index (χ2v) is 6.06. The van der Waals surface area contributed by atoms with E-state index in [0.29, 0.717) is 29.7 Å². The largest absolute Gasteiger partial charge is 0.438 e. The van der Waals surface area contributed by atoms with Gasteiger partial charge < -0.3 is 15.4 Å². The maximum absolute atomic E-state index is 12.3. The Kier molecular flexibility index (Phi) is 4.70. The molecule has 0 radical (unpaired) electrons. The second-order valence-electron chi connectivity index (χ2n) is 5.15. The molecule has 1 saturated heterocycles. The molecule has 0 aliphatic carbocycles. The molecule has 2 N–H and O–H groups in total. The summed E-state index contributed by atoms with van der Waals surface area (Å²) >= 11 is 3.37. The van der Waals surface area contributed by atoms with Crippen molar-refractivity contribution < 1.29 is 9.53 Å². The fourth-order valence-corrected chi connectivity index (χ4v) is 2.35. The lowest BCUT2D eigenvalue weighted by molar-refractivity contribution is 0.0939. The maximum Gasteiger partial charge on any atom is 0.256 e. The molecule has 3 rings (SSSR count). The first-order chi connectivity index (χ1) is 10.7. The molecule has 0 unspecified atom stereocenters. The first-order valence-corrected chi connectivity index (χ1v) is 7.89. The topological polar surface area (TPSA) is 63.2 Å². The van der Waals surface area contributed by atoms with Gasteiger partial charge in [0.25, 0.3) is 5.91 Å². The second kappa shape index (κ2) is 6.89. The third-order valence-corrected chi connectivity index (χ3v) is 3.99. The fraction of sp³-hybridized carbons (Fsp3) is 0.250. The van der Waals surface area contributed by atoms with Gasteiger partial charge in [-0.3, -0.25) is 4.79 Å². The van der Waals surface area contributed by atoms with Crippen LogP contribution < -0.4 is 15.4 Å². The summed E-state index contributed by atoms with van der Waals surface area (Å²) in [5.74, 6) is 1.30. The highest BCUT2D eigenvalue weighted by Gasteiger charge is 2.19. The van der Waals surface area contributed by atoms with E-state index in [2.05, 4.69) is 31.5 Å². The van der Waals surface area contributed by atoms with Gasteiger partial charge in [0.15, 0.2) is 0 Å². The molecule has 0 atom stereocenters. The lowest BCUT2D eigenvalue weighted by atomic mass is 10.0. The van der Waals surface area contributed by atoms with Gasteiger partial charge in [-0.2, -0.15) is 0 Å². The Morgan fingerprint density at radius 1 is 1.32 bits per heavy atom. The van der Waals surface area contributed by atoms with Crippen LogP contribution in [0.25, 0.3) is 0 Å². The van der Waals surface area contributed by atoms with Crippen molar-refractivity contribution in [3.05, 3.63) is 52.6 Å². The lowest BCUT2D eigenvalue weighted by Gasteiger charge is -2.27. The summed E-state index contributed by atoms with van der Waals surface area (Å²) in [6.07, 6.45) is 1.61. The van der Waals surface area contributed by atoms with E-state index in [1.807, 2.05) is 24.3 Å². The van der Waals surface area contributed by atoms with Gasteiger partial charge in [0.05, 0.1) is 0 Å². The number of carbonyl (C=O) groups excluding carboxylic acids is 1. The van der Waals surface area contributed by atoms with Crippen molar-refractivity contribution in [3.63, 3.8) is 0 Å². The molecule has 2 aromatic rings. The Morgan fingerprint density at radius 2 is 2.09 bits per heavy atom. The standard InChI is InChI=1S/C16H16BrN3O2/c17-12-3-5-13(6-4-12)22-16-14(2-1-7-19-16)15(21)20-10-11-8-18-9-11/h1-7,11,18H,8-10H2,(H,20,21). The number of nitrogens with one attached hydrogen (secondary N) is 2. The number of nitrogens with zero attached hydrogens (tertiary/aromatic N) is 1. The van der Waals surface area contributed by atoms with Crippen LogP contribution in [-0.2, 0) is 0 Å². The highest BCUT2D eigenvalue weighted by molar-refractivity contribution is 9.10. The van der Waals surface area contributed by atoms with Crippen molar-refractivity contribution in [2.24, 2.45) is 5.92 Å². The molecular weight excluding hydrogens is 346 g/mol. The molecule has 1 fully saturated rings. The molecule has 1 aromatic heterocycles. The van der Waals surface area contributed by atoms with Crippen LogP contribution in [0.1, 0.15) is 10.4 Å². The summed E-state index contributed by atoms with van der Waals surface area (Å²) in [7, 11) is 0. The molecule has 2 heterocycles. The Morgan fingerprint density at radius 3 is 2.77 bits per heavy atom. The van der Waals surface area contributed by atoms with Crippen molar-refractivity contribution in [1.29, 1.82) is 0 Å². The number of halogens is 1. The predicted octanol–water partition coefficient (Wildman–Crippen LogP) is 2.59. The number of hydrogen-bond donors (Lipinski definition) is 2. The van der Waals surface area contributed by atoms with Gasteiger partial charge in [-0.1, -0.05) is 15.9 Å². The van der Waals surface area contributed by atoms with Crippen molar-refractivity contribution in [1.82, 2.24) is 15.6 Å². The minimum atomic E-state index is -0.160. The summed E-state index contributed by atoms with van der Waals surface area (Å²) in [4.78, 5) is 16.5. The van der Waals surface area contributed by atoms with E-state index < -0.39 is 0 Å². The Labute approximate surface area is 137 Å². The molecule has 5 nitrogen and oxygen atoms in total. The molecule has 0 spiro atoms. The van der Waals surface area contributed by atoms with Gasteiger partial charge in [-0.05, 0) is 36.4 Å². The third-order valence-electron chi connectivity index (χ3n) is 3.46. The molecule has 1 aromatic carbocycles. The van der Waals surface area contributed by atoms with Crippen LogP contribution in [0.5, 0.6) is 11.6 Å². The van der Waals surface area contributed by atoms with Gasteiger partial charge in [0.1, 0.15) is 11.3 Å². The van der Waals surface area contributed by atoms with Crippen molar-refractivity contribution >= 4 is 21.8 Å². The van der Waals surface area contributed by atoms with Crippen LogP contribution in [0.15, 0.2) is 47.1 Å². The molecule has 22 heavy (non-hydrogen) atoms. The van der Waals surface area contributed by atoms with E-state index in [4.69, 9.17) is 4.74 Å². The molecule has 6 heteroatoms. The van der Waals surface area contributed by atoms with Crippen LogP contribution in [0, 0.1) is 5.92 Å². The van der Waals surface area contributed by atoms with Gasteiger partial charge >= 0.3 is 0 Å². The van der Waals surface area contributed by atoms with E-state index in [9.17, 15) is 4.79 Å². The summed E-state index contributed by atoms with van der Waals surface area (Å²) in [6, 6.07) is 10.8. The number of amides is 1. The number of ether oxygens (including phenoxy) is 1. The predicted molar refractivity (Wildman–Crippen MR) is 87.1 cm³/mol. The minimum Gasteiger partial charge on any atom is -0.438 e. The van der Waals surface area contributed by atoms with E-state index in [-0.39, 0.29) is 5.91 Å². The Balaban J connectivity index is 1.71. The molecule has 114 valence electrons. The first kappa shape index (κ1) is 15.0. The summed E-state index contributed by atoms with van der Waals surface area (Å²) in [5.41, 5.74) is 0.442. The molecule has 1 aliphatic rings. The highest BCUT2D eigenvalue weighted by atomic mass is 79.9. The SMILES string of the molecule is O=C(NCC1CNC1)c1cccnc1Oc1ccc(Br)cc1. The minimum absolute atomic E-state index is 0.160. The van der Waals surface area contributed by atoms with Crippen LogP contribution in [0.2, 0.25) is 0 Å². The number of carbonyl (C=O) groups is 1. The zero-order valence-corrected chi connectivity index (χ0v) is 13.5. The zero-order valence-electron chi connectivity index (χ0n) is 11.9. The van der Waals surface area contributed by atoms with Gasteiger partial charge in [0.2, 0.25) is 5.88 Å². The van der Waals surface area contributed by atoms with Crippen molar-refractivity contribution in [3.8, 4) is 11.6 Å².